The van der Waals surface area contributed by atoms with Crippen LogP contribution in [0.4, 0.5) is 20.7 Å². The molecule has 0 atom stereocenters. The predicted molar refractivity (Wildman–Crippen MR) is 224 cm³/mol. The number of carbonyl (C=O) groups excluding carboxylic acids is 1. The van der Waals surface area contributed by atoms with Crippen molar-refractivity contribution in [2.45, 2.75) is 79.5 Å². The van der Waals surface area contributed by atoms with Gasteiger partial charge in [-0.3, -0.25) is 4.79 Å². The first-order valence-electron chi connectivity index (χ1n) is 20.0. The topological polar surface area (TPSA) is 109 Å². The molecule has 2 aliphatic heterocycles. The minimum absolute atomic E-state index is 0.203. The number of H-pyrrole nitrogens is 1. The number of ether oxygens (including phenoxy) is 2. The minimum Gasteiger partial charge on any atom is -0.444 e. The van der Waals surface area contributed by atoms with Crippen molar-refractivity contribution in [3.63, 3.8) is 0 Å². The van der Waals surface area contributed by atoms with E-state index < -0.39 is 5.60 Å². The molecule has 5 heterocycles. The highest BCUT2D eigenvalue weighted by atomic mass is 19.1. The smallest absolute Gasteiger partial charge is 0.410 e. The average molecular weight is 776 g/mol. The van der Waals surface area contributed by atoms with Gasteiger partial charge in [0, 0.05) is 93.4 Å². The standard InChI is InChI=1S/C45H54FN7O4/c1-8-53(37-15-21-56-22-16-37)39-25-34(33-11-14-40(47-26-33)50-17-19-51(20-18-50)44(55)57-45(5,6)7)24-35(31(39)4)27-52-28-38(32-9-12-36(46)13-10-32)49-42(52)41-29(2)23-30(3)48-43(41)54/h9-14,23-26,28,37H,8,15-22,27H2,1-7H3,(H,48,54). The Bertz CT molecular complexity index is 2260. The molecule has 1 N–H and O–H groups in total. The van der Waals surface area contributed by atoms with Gasteiger partial charge in [0.15, 0.2) is 0 Å². The van der Waals surface area contributed by atoms with Crippen LogP contribution in [0.5, 0.6) is 0 Å². The summed E-state index contributed by atoms with van der Waals surface area (Å²) in [6.45, 7) is 19.0. The first kappa shape index (κ1) is 39.7. The van der Waals surface area contributed by atoms with Crippen LogP contribution in [0.1, 0.15) is 62.9 Å². The van der Waals surface area contributed by atoms with E-state index in [0.29, 0.717) is 55.8 Å². The largest absolute Gasteiger partial charge is 0.444 e. The van der Waals surface area contributed by atoms with Gasteiger partial charge in [0.25, 0.3) is 5.56 Å². The molecule has 3 aromatic heterocycles. The number of aromatic amines is 1. The van der Waals surface area contributed by atoms with Crippen molar-refractivity contribution in [1.29, 1.82) is 0 Å². The number of amides is 1. The Kier molecular flexibility index (Phi) is 11.5. The summed E-state index contributed by atoms with van der Waals surface area (Å²) in [5, 5.41) is 0. The monoisotopic (exact) mass is 775 g/mol. The van der Waals surface area contributed by atoms with Crippen LogP contribution in [0, 0.1) is 26.6 Å². The molecule has 0 saturated carbocycles. The number of nitrogens with zero attached hydrogens (tertiary/aromatic N) is 6. The fraction of sp³-hybridized carbons (Fsp3) is 0.422. The Hall–Kier alpha value is -5.49. The Balaban J connectivity index is 1.26. The highest BCUT2D eigenvalue weighted by Gasteiger charge is 2.28. The molecule has 2 aliphatic rings. The Labute approximate surface area is 334 Å². The normalized spacial score (nSPS) is 15.2. The number of aromatic nitrogens is 4. The molecule has 2 saturated heterocycles. The molecule has 0 bridgehead atoms. The van der Waals surface area contributed by atoms with Crippen molar-refractivity contribution in [3.8, 4) is 33.8 Å². The molecule has 57 heavy (non-hydrogen) atoms. The number of hydrogen-bond acceptors (Lipinski definition) is 8. The third kappa shape index (κ3) is 8.91. The summed E-state index contributed by atoms with van der Waals surface area (Å²) < 4.78 is 27.4. The van der Waals surface area contributed by atoms with Gasteiger partial charge in [0.05, 0.1) is 11.3 Å². The van der Waals surface area contributed by atoms with Gasteiger partial charge >= 0.3 is 6.09 Å². The maximum Gasteiger partial charge on any atom is 0.410 e. The van der Waals surface area contributed by atoms with Crippen LogP contribution >= 0.6 is 0 Å². The van der Waals surface area contributed by atoms with Crippen molar-refractivity contribution >= 4 is 17.6 Å². The quantitative estimate of drug-likeness (QED) is 0.160. The zero-order valence-corrected chi connectivity index (χ0v) is 34.2. The van der Waals surface area contributed by atoms with Gasteiger partial charge in [-0.15, -0.1) is 0 Å². The van der Waals surface area contributed by atoms with Crippen molar-refractivity contribution in [3.05, 3.63) is 106 Å². The van der Waals surface area contributed by atoms with E-state index in [1.54, 1.807) is 17.0 Å². The van der Waals surface area contributed by atoms with Crippen molar-refractivity contribution in [1.82, 2.24) is 24.4 Å². The summed E-state index contributed by atoms with van der Waals surface area (Å²) in [5.41, 5.74) is 8.21. The molecule has 2 fully saturated rings. The molecule has 1 amide bonds. The summed E-state index contributed by atoms with van der Waals surface area (Å²) in [5.74, 6) is 1.09. The van der Waals surface area contributed by atoms with Gasteiger partial charge in [0.1, 0.15) is 23.1 Å². The third-order valence-corrected chi connectivity index (χ3v) is 11.0. The molecule has 12 heteroatoms. The number of hydrogen-bond donors (Lipinski definition) is 1. The van der Waals surface area contributed by atoms with Crippen molar-refractivity contribution < 1.29 is 18.7 Å². The van der Waals surface area contributed by atoms with E-state index in [4.69, 9.17) is 19.4 Å². The number of nitrogens with one attached hydrogen (secondary N) is 1. The number of rotatable bonds is 9. The maximum atomic E-state index is 14.0. The van der Waals surface area contributed by atoms with Gasteiger partial charge in [-0.2, -0.15) is 0 Å². The number of halogens is 1. The molecule has 7 rings (SSSR count). The van der Waals surface area contributed by atoms with Gasteiger partial charge in [-0.05, 0) is 138 Å². The Morgan fingerprint density at radius 2 is 1.67 bits per heavy atom. The molecule has 0 spiro atoms. The summed E-state index contributed by atoms with van der Waals surface area (Å²) in [6, 6.07) is 17.3. The van der Waals surface area contributed by atoms with Crippen LogP contribution in [0.15, 0.2) is 71.8 Å². The SMILES string of the molecule is CCN(c1cc(-c2ccc(N3CCN(C(=O)OC(C)(C)C)CC3)nc2)cc(Cn2cc(-c3ccc(F)cc3)nc2-c2c(C)cc(C)[nH]c2=O)c1C)C1CCOCC1. The average Bonchev–Trinajstić information content (AvgIpc) is 3.59. The first-order chi connectivity index (χ1) is 27.3. The van der Waals surface area contributed by atoms with Crippen LogP contribution in [-0.4, -0.2) is 88.1 Å². The van der Waals surface area contributed by atoms with E-state index in [1.807, 2.05) is 57.6 Å². The number of benzene rings is 2. The van der Waals surface area contributed by atoms with Crippen LogP contribution < -0.4 is 15.4 Å². The van der Waals surface area contributed by atoms with E-state index in [2.05, 4.69) is 52.9 Å². The van der Waals surface area contributed by atoms with Crippen LogP contribution in [0.3, 0.4) is 0 Å². The molecule has 5 aromatic rings. The lowest BCUT2D eigenvalue weighted by Crippen LogP contribution is -2.50. The van der Waals surface area contributed by atoms with Crippen LogP contribution in [0.2, 0.25) is 0 Å². The van der Waals surface area contributed by atoms with E-state index >= 15 is 0 Å². The lowest BCUT2D eigenvalue weighted by Gasteiger charge is -2.37. The maximum absolute atomic E-state index is 14.0. The minimum atomic E-state index is -0.534. The van der Waals surface area contributed by atoms with Gasteiger partial charge in [0.2, 0.25) is 0 Å². The number of pyridine rings is 2. The predicted octanol–water partition coefficient (Wildman–Crippen LogP) is 8.14. The molecule has 300 valence electrons. The van der Waals surface area contributed by atoms with Crippen molar-refractivity contribution in [2.24, 2.45) is 0 Å². The second-order valence-electron chi connectivity index (χ2n) is 16.2. The molecule has 0 unspecified atom stereocenters. The second-order valence-corrected chi connectivity index (χ2v) is 16.2. The van der Waals surface area contributed by atoms with Gasteiger partial charge in [-0.25, -0.2) is 19.2 Å². The van der Waals surface area contributed by atoms with E-state index in [0.717, 1.165) is 83.2 Å². The highest BCUT2D eigenvalue weighted by Crippen LogP contribution is 2.36. The zero-order valence-electron chi connectivity index (χ0n) is 34.2. The van der Waals surface area contributed by atoms with Gasteiger partial charge in [-0.1, -0.05) is 0 Å². The number of piperazine rings is 1. The lowest BCUT2D eigenvalue weighted by atomic mass is 9.96. The highest BCUT2D eigenvalue weighted by molar-refractivity contribution is 5.74. The van der Waals surface area contributed by atoms with Crippen LogP contribution in [-0.2, 0) is 16.0 Å². The Morgan fingerprint density at radius 1 is 0.965 bits per heavy atom. The molecule has 0 radical (unpaired) electrons. The fourth-order valence-electron chi connectivity index (χ4n) is 8.01. The molecule has 2 aromatic carbocycles. The number of aryl methyl sites for hydroxylation is 2. The molecular formula is C45H54FN7O4. The van der Waals surface area contributed by atoms with E-state index in [-0.39, 0.29) is 17.5 Å². The number of carbonyl (C=O) groups is 1. The summed E-state index contributed by atoms with van der Waals surface area (Å²) in [7, 11) is 0. The Morgan fingerprint density at radius 3 is 2.30 bits per heavy atom. The molecule has 11 nitrogen and oxygen atoms in total. The lowest BCUT2D eigenvalue weighted by molar-refractivity contribution is 0.0240. The van der Waals surface area contributed by atoms with E-state index in [9.17, 15) is 14.0 Å². The second kappa shape index (κ2) is 16.5. The first-order valence-corrected chi connectivity index (χ1v) is 20.0. The van der Waals surface area contributed by atoms with E-state index in [1.165, 1.54) is 12.1 Å². The molecule has 0 aliphatic carbocycles. The van der Waals surface area contributed by atoms with Crippen LogP contribution in [0.25, 0.3) is 33.8 Å². The van der Waals surface area contributed by atoms with Crippen molar-refractivity contribution in [2.75, 3.05) is 55.7 Å². The summed E-state index contributed by atoms with van der Waals surface area (Å²) >= 11 is 0. The number of imidazole rings is 1. The zero-order chi connectivity index (χ0) is 40.4. The number of anilines is 2. The summed E-state index contributed by atoms with van der Waals surface area (Å²) in [4.78, 5) is 45.6. The fourth-order valence-corrected chi connectivity index (χ4v) is 8.01. The third-order valence-electron chi connectivity index (χ3n) is 11.0. The van der Waals surface area contributed by atoms with Gasteiger partial charge < -0.3 is 33.7 Å². The summed E-state index contributed by atoms with van der Waals surface area (Å²) in [6.07, 6.45) is 5.51. The molecular weight excluding hydrogens is 722 g/mol.